The van der Waals surface area contributed by atoms with Crippen LogP contribution in [-0.2, 0) is 7.05 Å². The third kappa shape index (κ3) is 2.44. The highest BCUT2D eigenvalue weighted by atomic mass is 127. The minimum absolute atomic E-state index is 1.07. The van der Waals surface area contributed by atoms with Gasteiger partial charge >= 0.3 is 0 Å². The quantitative estimate of drug-likeness (QED) is 0.395. The van der Waals surface area contributed by atoms with E-state index in [-0.39, 0.29) is 0 Å². The molecule has 5 heteroatoms. The molecule has 2 rings (SSSR count). The maximum atomic E-state index is 5.81. The number of nitrogens with two attached hydrogens (primary N) is 1. The summed E-state index contributed by atoms with van der Waals surface area (Å²) in [6, 6.07) is 4.27. The summed E-state index contributed by atoms with van der Waals surface area (Å²) < 4.78 is 3.44. The number of halogens is 1. The summed E-state index contributed by atoms with van der Waals surface area (Å²) in [5.74, 6) is 5.81. The van der Waals surface area contributed by atoms with Gasteiger partial charge in [0.15, 0.2) is 0 Å². The van der Waals surface area contributed by atoms with Crippen LogP contribution >= 0.6 is 22.9 Å². The molecule has 0 radical (unpaired) electrons. The maximum absolute atomic E-state index is 5.81. The first-order valence-corrected chi connectivity index (χ1v) is 6.26. The molecule has 0 fully saturated rings. The fourth-order valence-corrected chi connectivity index (χ4v) is 2.79. The van der Waals surface area contributed by atoms with Crippen LogP contribution < -0.4 is 9.06 Å². The lowest BCUT2D eigenvalue weighted by atomic mass is 10.0. The van der Waals surface area contributed by atoms with E-state index in [4.69, 9.17) is 5.84 Å². The Bertz CT molecular complexity index is 522. The first kappa shape index (κ1) is 12.4. The van der Waals surface area contributed by atoms with Crippen molar-refractivity contribution in [2.24, 2.45) is 12.9 Å². The number of aryl methyl sites for hydroxylation is 3. The fraction of sp³-hybridized carbons (Fsp3) is 0.250. The second-order valence-electron chi connectivity index (χ2n) is 4.17. The fourth-order valence-electron chi connectivity index (χ4n) is 2.03. The molecule has 1 aromatic carbocycles. The number of rotatable bonds is 2. The van der Waals surface area contributed by atoms with Crippen molar-refractivity contribution in [1.82, 2.24) is 9.78 Å². The van der Waals surface area contributed by atoms with Crippen molar-refractivity contribution in [2.75, 3.05) is 3.22 Å². The minimum Gasteiger partial charge on any atom is -0.275 e. The lowest BCUT2D eigenvalue weighted by molar-refractivity contribution is 0.768. The van der Waals surface area contributed by atoms with Crippen LogP contribution in [0.5, 0.6) is 0 Å². The summed E-state index contributed by atoms with van der Waals surface area (Å²) in [6.45, 7) is 4.14. The van der Waals surface area contributed by atoms with Crippen LogP contribution in [0.15, 0.2) is 24.5 Å². The average Bonchev–Trinajstić information content (AvgIpc) is 2.63. The summed E-state index contributed by atoms with van der Waals surface area (Å²) in [5.41, 5.74) is 5.71. The topological polar surface area (TPSA) is 47.1 Å². The minimum atomic E-state index is 1.07. The molecule has 0 saturated heterocycles. The Balaban J connectivity index is 2.52. The Morgan fingerprint density at radius 1 is 1.24 bits per heavy atom. The molecule has 0 aliphatic heterocycles. The third-order valence-corrected chi connectivity index (χ3v) is 3.23. The molecule has 0 aliphatic rings. The zero-order valence-corrected chi connectivity index (χ0v) is 12.3. The van der Waals surface area contributed by atoms with Crippen molar-refractivity contribution < 1.29 is 0 Å². The summed E-state index contributed by atoms with van der Waals surface area (Å²) in [7, 11) is 1.92. The van der Waals surface area contributed by atoms with Gasteiger partial charge in [0.2, 0.25) is 0 Å². The van der Waals surface area contributed by atoms with Crippen molar-refractivity contribution in [3.63, 3.8) is 0 Å². The highest BCUT2D eigenvalue weighted by Crippen LogP contribution is 2.30. The molecule has 2 aromatic rings. The first-order chi connectivity index (χ1) is 7.99. The van der Waals surface area contributed by atoms with Gasteiger partial charge in [-0.25, -0.2) is 5.84 Å². The van der Waals surface area contributed by atoms with Crippen molar-refractivity contribution in [3.8, 4) is 11.1 Å². The van der Waals surface area contributed by atoms with E-state index in [0.29, 0.717) is 0 Å². The number of anilines is 1. The lowest BCUT2D eigenvalue weighted by Gasteiger charge is -2.17. The average molecular weight is 342 g/mol. The van der Waals surface area contributed by atoms with Crippen LogP contribution in [0, 0.1) is 13.8 Å². The van der Waals surface area contributed by atoms with E-state index in [2.05, 4.69) is 53.9 Å². The van der Waals surface area contributed by atoms with Crippen molar-refractivity contribution in [1.29, 1.82) is 0 Å². The van der Waals surface area contributed by atoms with Gasteiger partial charge in [0.1, 0.15) is 0 Å². The number of nitrogens with zero attached hydrogens (tertiary/aromatic N) is 3. The number of hydrogen-bond donors (Lipinski definition) is 1. The number of hydrogen-bond acceptors (Lipinski definition) is 3. The molecule has 0 amide bonds. The molecule has 0 atom stereocenters. The van der Waals surface area contributed by atoms with Gasteiger partial charge in [-0.05, 0) is 42.7 Å². The van der Waals surface area contributed by atoms with Gasteiger partial charge in [-0.2, -0.15) is 5.10 Å². The molecule has 0 bridgehead atoms. The van der Waals surface area contributed by atoms with Crippen molar-refractivity contribution >= 4 is 28.6 Å². The second kappa shape index (κ2) is 4.66. The molecule has 17 heavy (non-hydrogen) atoms. The Morgan fingerprint density at radius 2 is 1.82 bits per heavy atom. The summed E-state index contributed by atoms with van der Waals surface area (Å²) in [6.07, 6.45) is 3.89. The van der Waals surface area contributed by atoms with Gasteiger partial charge in [-0.15, -0.1) is 0 Å². The van der Waals surface area contributed by atoms with Crippen LogP contribution in [0.3, 0.4) is 0 Å². The smallest absolute Gasteiger partial charge is 0.0765 e. The summed E-state index contributed by atoms with van der Waals surface area (Å²) in [4.78, 5) is 0. The highest BCUT2D eigenvalue weighted by molar-refractivity contribution is 14.1. The van der Waals surface area contributed by atoms with Gasteiger partial charge in [0, 0.05) is 18.8 Å². The van der Waals surface area contributed by atoms with Crippen LogP contribution in [0.25, 0.3) is 11.1 Å². The standard InChI is InChI=1S/C12H15IN4/c1-8-4-10(11-6-15-16(3)7-11)5-9(2)12(8)17(13)14/h4-7H,14H2,1-3H3. The monoisotopic (exact) mass is 342 g/mol. The predicted molar refractivity (Wildman–Crippen MR) is 78.8 cm³/mol. The number of aromatic nitrogens is 2. The van der Waals surface area contributed by atoms with Gasteiger partial charge in [0.25, 0.3) is 0 Å². The second-order valence-corrected chi connectivity index (χ2v) is 5.21. The first-order valence-electron chi connectivity index (χ1n) is 5.30. The van der Waals surface area contributed by atoms with E-state index in [1.165, 1.54) is 16.7 Å². The molecule has 0 aliphatic carbocycles. The van der Waals surface area contributed by atoms with Crippen molar-refractivity contribution in [3.05, 3.63) is 35.7 Å². The number of benzene rings is 1. The molecular formula is C12H15IN4. The van der Waals surface area contributed by atoms with Crippen LogP contribution in [0.1, 0.15) is 11.1 Å². The molecule has 90 valence electrons. The van der Waals surface area contributed by atoms with E-state index in [1.54, 1.807) is 3.22 Å². The van der Waals surface area contributed by atoms with E-state index in [1.807, 2.05) is 24.1 Å². The van der Waals surface area contributed by atoms with Gasteiger partial charge < -0.3 is 0 Å². The molecule has 2 N–H and O–H groups in total. The predicted octanol–water partition coefficient (Wildman–Crippen LogP) is 2.73. The number of hydrazine groups is 1. The van der Waals surface area contributed by atoms with Gasteiger partial charge in [0.05, 0.1) is 34.7 Å². The Kier molecular flexibility index (Phi) is 3.39. The van der Waals surface area contributed by atoms with Crippen LogP contribution in [0.2, 0.25) is 0 Å². The molecule has 1 heterocycles. The summed E-state index contributed by atoms with van der Waals surface area (Å²) >= 11 is 2.08. The molecule has 4 nitrogen and oxygen atoms in total. The normalized spacial score (nSPS) is 10.6. The Morgan fingerprint density at radius 3 is 2.24 bits per heavy atom. The highest BCUT2D eigenvalue weighted by Gasteiger charge is 2.10. The van der Waals surface area contributed by atoms with E-state index < -0.39 is 0 Å². The third-order valence-electron chi connectivity index (χ3n) is 2.74. The largest absolute Gasteiger partial charge is 0.275 e. The van der Waals surface area contributed by atoms with Gasteiger partial charge in [-0.3, -0.25) is 7.90 Å². The molecule has 0 unspecified atom stereocenters. The van der Waals surface area contributed by atoms with Crippen LogP contribution in [-0.4, -0.2) is 9.78 Å². The van der Waals surface area contributed by atoms with Crippen LogP contribution in [0.4, 0.5) is 5.69 Å². The Labute approximate surface area is 115 Å². The maximum Gasteiger partial charge on any atom is 0.0765 e. The van der Waals surface area contributed by atoms with Crippen molar-refractivity contribution in [2.45, 2.75) is 13.8 Å². The van der Waals surface area contributed by atoms with E-state index >= 15 is 0 Å². The zero-order valence-electron chi connectivity index (χ0n) is 10.1. The lowest BCUT2D eigenvalue weighted by Crippen LogP contribution is -2.19. The van der Waals surface area contributed by atoms with E-state index in [0.717, 1.165) is 11.3 Å². The molecule has 1 aromatic heterocycles. The SMILES string of the molecule is Cc1cc(-c2cnn(C)c2)cc(C)c1N(N)I. The van der Waals surface area contributed by atoms with E-state index in [9.17, 15) is 0 Å². The Hall–Kier alpha value is -1.08. The summed E-state index contributed by atoms with van der Waals surface area (Å²) in [5, 5.41) is 4.19. The molecule has 0 saturated carbocycles. The molecular weight excluding hydrogens is 327 g/mol. The zero-order chi connectivity index (χ0) is 12.6. The molecule has 0 spiro atoms. The van der Waals surface area contributed by atoms with Gasteiger partial charge in [-0.1, -0.05) is 0 Å².